The fraction of sp³-hybridized carbons (Fsp3) is 0.216. The van der Waals surface area contributed by atoms with Crippen LogP contribution in [-0.2, 0) is 125 Å². The number of rotatable bonds is 36. The number of nitrogens with zero attached hydrogens (tertiary/aromatic N) is 4. The Morgan fingerprint density at radius 2 is 0.545 bits per heavy atom. The molecule has 26 heteroatoms. The van der Waals surface area contributed by atoms with Crippen molar-refractivity contribution in [3.8, 4) is 0 Å². The van der Waals surface area contributed by atoms with Crippen LogP contribution in [0.25, 0.3) is 19.5 Å². The van der Waals surface area contributed by atoms with Gasteiger partial charge in [0.15, 0.2) is 0 Å². The van der Waals surface area contributed by atoms with Crippen LogP contribution in [0, 0.1) is 63.8 Å². The molecule has 0 amide bonds. The van der Waals surface area contributed by atoms with Gasteiger partial charge in [0.2, 0.25) is 0 Å². The molecule has 4 N–H and O–H groups in total. The monoisotopic (exact) mass is 2030 g/mol. The number of hydrogen-bond donors (Lipinski definition) is 3. The van der Waals surface area contributed by atoms with Crippen molar-refractivity contribution < 1.29 is 162 Å². The third kappa shape index (κ3) is 39.2. The van der Waals surface area contributed by atoms with Gasteiger partial charge in [-0.05, 0) is 106 Å². The van der Waals surface area contributed by atoms with Crippen LogP contribution in [0.3, 0.4) is 0 Å². The summed E-state index contributed by atoms with van der Waals surface area (Å²) in [6.07, 6.45) is 0. The number of aryl methyl sites for hydroxylation is 6. The molecule has 0 aliphatic carbocycles. The number of benzene rings is 12. The molecule has 18 nitrogen and oxygen atoms in total. The number of nitrogens with one attached hydrogen (secondary N) is 2. The average Bonchev–Trinajstić information content (AvgIpc) is 0.808. The molecular formula is C97H111ClKN6O12Ru3S3+2. The molecule has 0 heterocycles. The predicted octanol–water partition coefficient (Wildman–Crippen LogP) is 19.0. The molecule has 0 saturated heterocycles. The number of halogens is 1. The molecule has 123 heavy (non-hydrogen) atoms. The topological polar surface area (TPSA) is 278 Å². The van der Waals surface area contributed by atoms with Crippen molar-refractivity contribution in [2.24, 2.45) is 0 Å². The van der Waals surface area contributed by atoms with Crippen LogP contribution in [-0.4, -0.2) is 81.8 Å². The van der Waals surface area contributed by atoms with Gasteiger partial charge in [0.1, 0.15) is 30.1 Å². The number of hydrogen-bond acceptors (Lipinski definition) is 13. The van der Waals surface area contributed by atoms with Crippen molar-refractivity contribution >= 4 is 46.2 Å². The van der Waals surface area contributed by atoms with Crippen molar-refractivity contribution in [1.29, 1.82) is 0 Å². The molecule has 0 aliphatic rings. The number of carboxylic acid groups (broad SMARTS) is 1. The van der Waals surface area contributed by atoms with Crippen molar-refractivity contribution in [1.82, 2.24) is 10.6 Å². The van der Waals surface area contributed by atoms with E-state index in [-0.39, 0.29) is 151 Å². The minimum atomic E-state index is -3.92. The summed E-state index contributed by atoms with van der Waals surface area (Å²) in [5, 5.41) is 18.9. The second kappa shape index (κ2) is 61.7. The Morgan fingerprint density at radius 1 is 0.341 bits per heavy atom. The second-order valence-electron chi connectivity index (χ2n) is 27.4. The average molecular weight is 2030 g/mol. The Kier molecular flexibility index (Phi) is 57.4. The van der Waals surface area contributed by atoms with Crippen LogP contribution in [0.1, 0.15) is 120 Å². The van der Waals surface area contributed by atoms with E-state index >= 15 is 0 Å². The zero-order valence-corrected chi connectivity index (χ0v) is 82.7. The Hall–Kier alpha value is -6.64. The second-order valence-corrected chi connectivity index (χ2v) is 32.3. The van der Waals surface area contributed by atoms with E-state index in [2.05, 4.69) is 128 Å². The molecule has 12 aromatic carbocycles. The summed E-state index contributed by atoms with van der Waals surface area (Å²) in [6, 6.07) is 99.9. The van der Waals surface area contributed by atoms with Crippen LogP contribution in [0.15, 0.2) is 342 Å². The van der Waals surface area contributed by atoms with E-state index in [1.54, 1.807) is 72.8 Å². The molecule has 0 aliphatic heterocycles. The van der Waals surface area contributed by atoms with E-state index in [4.69, 9.17) is 29.4 Å². The number of carbonyl (C=O) groups is 1. The van der Waals surface area contributed by atoms with Crippen molar-refractivity contribution in [2.45, 2.75) is 112 Å². The van der Waals surface area contributed by atoms with Gasteiger partial charge in [0.25, 0.3) is 6.47 Å². The first-order valence-electron chi connectivity index (χ1n) is 37.8. The van der Waals surface area contributed by atoms with Gasteiger partial charge in [-0.1, -0.05) is 359 Å². The molecule has 0 aromatic heterocycles. The first-order valence-corrected chi connectivity index (χ1v) is 44.4. The predicted molar refractivity (Wildman–Crippen MR) is 484 cm³/mol. The molecule has 0 fully saturated rings. The third-order valence-electron chi connectivity index (χ3n) is 18.5. The summed E-state index contributed by atoms with van der Waals surface area (Å²) in [5.74, 6) is 0. The van der Waals surface area contributed by atoms with Crippen LogP contribution in [0.4, 0.5) is 0 Å². The molecule has 2 radical (unpaired) electrons. The van der Waals surface area contributed by atoms with Crippen LogP contribution in [0.5, 0.6) is 0 Å². The van der Waals surface area contributed by atoms with Gasteiger partial charge in [-0.25, -0.2) is 25.3 Å². The van der Waals surface area contributed by atoms with Gasteiger partial charge >= 0.3 is 117 Å². The Morgan fingerprint density at radius 3 is 0.797 bits per heavy atom. The summed E-state index contributed by atoms with van der Waals surface area (Å²) in [5.41, 5.74) is 15.2. The number of ether oxygens (including phenoxy) is 3. The molecule has 649 valence electrons. The maximum atomic E-state index is 13.4. The maximum absolute atomic E-state index is 13.4. The van der Waals surface area contributed by atoms with Crippen LogP contribution in [0.2, 0.25) is 0 Å². The van der Waals surface area contributed by atoms with Crippen LogP contribution < -0.4 is 62.0 Å². The zero-order chi connectivity index (χ0) is 83.0. The van der Waals surface area contributed by atoms with E-state index in [1.807, 2.05) is 220 Å². The van der Waals surface area contributed by atoms with Crippen molar-refractivity contribution in [2.75, 3.05) is 39.5 Å². The number of sulfonamides is 3. The molecule has 12 rings (SSSR count). The minimum absolute atomic E-state index is 0. The Bertz CT molecular complexity index is 4640. The van der Waals surface area contributed by atoms with Gasteiger partial charge < -0.3 is 77.2 Å². The van der Waals surface area contributed by atoms with E-state index in [9.17, 15) is 25.3 Å². The Labute approximate surface area is 814 Å². The van der Waals surface area contributed by atoms with Gasteiger partial charge in [-0.3, -0.25) is 4.79 Å². The van der Waals surface area contributed by atoms with Gasteiger partial charge in [0, 0.05) is 46.5 Å². The molecular weight excluding hydrogens is 1920 g/mol. The Balaban J connectivity index is 0.000000873. The molecule has 12 aromatic rings. The van der Waals surface area contributed by atoms with E-state index in [1.165, 1.54) is 16.7 Å². The van der Waals surface area contributed by atoms with E-state index < -0.39 is 54.2 Å². The molecule has 0 unspecified atom stereocenters. The normalized spacial score (nSPS) is 12.1. The summed E-state index contributed by atoms with van der Waals surface area (Å²) >= 11 is 1.82. The standard InChI is InChI=1S/2C31H33N2O3S.C31H32N2O3S.CH2O2.3CH3.ClH.K.H2O.3Ru.H/c3*1-24-13-17-26(18-14-24)23-36-22-21-32-30(27-9-5-3-6-10-27)31(28-11-7-4-8-12-28)33-37(34,35)29-19-15-25(2)16-20-29;2-1-3;;;;;;;;;;/h2*3-20,30-32H,21-23H2,1-2H3;3-20,30-31H,21-23H2,1-2H3;1H,(H,2,3);3*1H3;1H;;1H2;;;;/q2*-1;-2;;3*-1;;+1;;2*+3;+4;/p-2/t3*30-,31-;;;;;;;;;;;/m111.........../s1. The van der Waals surface area contributed by atoms with Gasteiger partial charge in [-0.2, -0.15) is 0 Å². The van der Waals surface area contributed by atoms with E-state index in [0.29, 0.717) is 59.3 Å². The molecule has 6 atom stereocenters. The molecule has 0 spiro atoms. The summed E-state index contributed by atoms with van der Waals surface area (Å²) in [7, 11) is -7.15. The summed E-state index contributed by atoms with van der Waals surface area (Å²) < 4.78 is 111. The zero-order valence-electron chi connectivity index (χ0n) is 71.0. The van der Waals surface area contributed by atoms with E-state index in [0.717, 1.165) is 66.8 Å². The van der Waals surface area contributed by atoms with Crippen molar-refractivity contribution in [3.63, 3.8) is 0 Å². The SMILES string of the molecule is Cc1ccc(COCCN[C@H](c2ccccc2)[C@H]([N-]S(=O)(=O)c2ccc(C)cc2)c2ccccc2)cc1.Cc1ccc(COCCN[C@H](c2ccccc2)[C@H]([N-]S(=O)(=O)c2ccc(C)cc2)c2ccccc2)cc1.Cc1ccc(COCC[N-][C@H](c2ccccc2)[C@H]([N-]S(=O)(=O)c2ccc(C)cc2)c2ccccc2)cc1.O=CO.[CH3-].[CH3-].[CH3-].[Cl][Ru+3].[K+].[OH-].[Ru+3].[RuH+3]. The fourth-order valence-electron chi connectivity index (χ4n) is 12.3. The van der Waals surface area contributed by atoms with Gasteiger partial charge in [-0.15, -0.1) is 18.6 Å². The molecule has 0 saturated carbocycles. The van der Waals surface area contributed by atoms with Crippen molar-refractivity contribution in [3.05, 3.63) is 453 Å². The molecule has 0 bridgehead atoms. The first kappa shape index (κ1) is 114. The fourth-order valence-corrected chi connectivity index (χ4v) is 15.7. The summed E-state index contributed by atoms with van der Waals surface area (Å²) in [4.78, 5) is 8.91. The quantitative estimate of drug-likeness (QED) is 0.0143. The third-order valence-corrected chi connectivity index (χ3v) is 22.6. The van der Waals surface area contributed by atoms with Gasteiger partial charge in [0.05, 0.1) is 33.0 Å². The van der Waals surface area contributed by atoms with Crippen LogP contribution >= 0.6 is 9.69 Å². The summed E-state index contributed by atoms with van der Waals surface area (Å²) in [6.45, 7) is 16.1. The first-order chi connectivity index (χ1) is 56.2.